The number of hydrogen-bond donors (Lipinski definition) is 2. The van der Waals surface area contributed by atoms with Gasteiger partial charge >= 0.3 is 6.18 Å². The first-order chi connectivity index (χ1) is 8.58. The minimum atomic E-state index is -4.61. The summed E-state index contributed by atoms with van der Waals surface area (Å²) >= 11 is 0. The van der Waals surface area contributed by atoms with Gasteiger partial charge in [0.05, 0.1) is 5.75 Å². The van der Waals surface area contributed by atoms with Crippen molar-refractivity contribution in [2.75, 3.05) is 29.6 Å². The Morgan fingerprint density at radius 2 is 2.00 bits per heavy atom. The van der Waals surface area contributed by atoms with Crippen molar-refractivity contribution in [3.8, 4) is 0 Å². The zero-order chi connectivity index (χ0) is 14.7. The van der Waals surface area contributed by atoms with Gasteiger partial charge in [-0.2, -0.15) is 18.2 Å². The molecule has 108 valence electrons. The first-order valence-electron chi connectivity index (χ1n) is 5.21. The fourth-order valence-corrected chi connectivity index (χ4v) is 1.92. The van der Waals surface area contributed by atoms with Gasteiger partial charge < -0.3 is 11.1 Å². The van der Waals surface area contributed by atoms with E-state index in [9.17, 15) is 21.6 Å². The third-order valence-electron chi connectivity index (χ3n) is 2.03. The normalized spacial score (nSPS) is 12.4. The van der Waals surface area contributed by atoms with Gasteiger partial charge in [0.25, 0.3) is 0 Å². The molecule has 0 aliphatic rings. The Hall–Kier alpha value is -1.58. The number of anilines is 2. The molecule has 0 aromatic carbocycles. The van der Waals surface area contributed by atoms with Gasteiger partial charge in [-0.3, -0.25) is 0 Å². The summed E-state index contributed by atoms with van der Waals surface area (Å²) in [5.41, 5.74) is 4.02. The smallest absolute Gasteiger partial charge is 0.370 e. The molecule has 0 radical (unpaired) electrons. The molecule has 10 heteroatoms. The van der Waals surface area contributed by atoms with Gasteiger partial charge in [0.2, 0.25) is 5.95 Å². The standard InChI is InChI=1S/C9H13F3N4O2S/c1-19(17,18)4-2-3-14-7-5-6(9(10,11)12)15-8(13)16-7/h5H,2-4H2,1H3,(H3,13,14,15,16). The highest BCUT2D eigenvalue weighted by Crippen LogP contribution is 2.29. The number of nitrogens with two attached hydrogens (primary N) is 1. The van der Waals surface area contributed by atoms with E-state index in [0.29, 0.717) is 0 Å². The largest absolute Gasteiger partial charge is 0.433 e. The van der Waals surface area contributed by atoms with Crippen molar-refractivity contribution in [3.05, 3.63) is 11.8 Å². The van der Waals surface area contributed by atoms with Gasteiger partial charge in [0, 0.05) is 18.9 Å². The third kappa shape index (κ3) is 5.73. The lowest BCUT2D eigenvalue weighted by Gasteiger charge is -2.10. The number of nitrogens with zero attached hydrogens (tertiary/aromatic N) is 2. The molecule has 0 unspecified atom stereocenters. The van der Waals surface area contributed by atoms with Crippen LogP contribution in [0.15, 0.2) is 6.07 Å². The van der Waals surface area contributed by atoms with Crippen LogP contribution in [0.25, 0.3) is 0 Å². The fourth-order valence-electron chi connectivity index (χ4n) is 1.25. The maximum absolute atomic E-state index is 12.4. The van der Waals surface area contributed by atoms with Crippen LogP contribution in [0.5, 0.6) is 0 Å². The Morgan fingerprint density at radius 3 is 2.53 bits per heavy atom. The number of aromatic nitrogens is 2. The lowest BCUT2D eigenvalue weighted by atomic mass is 10.3. The minimum absolute atomic E-state index is 0.0628. The van der Waals surface area contributed by atoms with E-state index in [2.05, 4.69) is 15.3 Å². The molecule has 0 amide bonds. The molecule has 6 nitrogen and oxygen atoms in total. The van der Waals surface area contributed by atoms with Crippen molar-refractivity contribution < 1.29 is 21.6 Å². The maximum atomic E-state index is 12.4. The average molecular weight is 298 g/mol. The highest BCUT2D eigenvalue weighted by Gasteiger charge is 2.33. The summed E-state index contributed by atoms with van der Waals surface area (Å²) in [6.07, 6.45) is -3.28. The molecule has 0 aliphatic heterocycles. The summed E-state index contributed by atoms with van der Waals surface area (Å²) in [6.45, 7) is 0.167. The number of sulfone groups is 1. The van der Waals surface area contributed by atoms with Crippen LogP contribution in [0, 0.1) is 0 Å². The van der Waals surface area contributed by atoms with Crippen LogP contribution in [-0.2, 0) is 16.0 Å². The Morgan fingerprint density at radius 1 is 1.37 bits per heavy atom. The number of alkyl halides is 3. The Bertz CT molecular complexity index is 545. The van der Waals surface area contributed by atoms with Gasteiger partial charge in [-0.25, -0.2) is 13.4 Å². The molecule has 1 rings (SSSR count). The summed E-state index contributed by atoms with van der Waals surface area (Å²) in [6, 6.07) is 0.719. The first-order valence-corrected chi connectivity index (χ1v) is 7.27. The monoisotopic (exact) mass is 298 g/mol. The summed E-state index contributed by atoms with van der Waals surface area (Å²) in [5, 5.41) is 2.58. The summed E-state index contributed by atoms with van der Waals surface area (Å²) in [7, 11) is -3.10. The Labute approximate surface area is 108 Å². The average Bonchev–Trinajstić information content (AvgIpc) is 2.21. The second kappa shape index (κ2) is 5.59. The molecule has 0 atom stereocenters. The second-order valence-electron chi connectivity index (χ2n) is 3.90. The Kier molecular flexibility index (Phi) is 4.56. The van der Waals surface area contributed by atoms with Crippen LogP contribution in [-0.4, -0.2) is 36.9 Å². The molecule has 0 aliphatic carbocycles. The molecule has 1 aromatic rings. The van der Waals surface area contributed by atoms with Crippen molar-refractivity contribution in [3.63, 3.8) is 0 Å². The van der Waals surface area contributed by atoms with E-state index in [1.165, 1.54) is 0 Å². The van der Waals surface area contributed by atoms with Crippen LogP contribution in [0.3, 0.4) is 0 Å². The highest BCUT2D eigenvalue weighted by molar-refractivity contribution is 7.90. The Balaban J connectivity index is 2.67. The fraction of sp³-hybridized carbons (Fsp3) is 0.556. The van der Waals surface area contributed by atoms with Crippen molar-refractivity contribution in [1.82, 2.24) is 9.97 Å². The molecule has 0 bridgehead atoms. The molecule has 0 saturated carbocycles. The minimum Gasteiger partial charge on any atom is -0.370 e. The molecule has 19 heavy (non-hydrogen) atoms. The van der Waals surface area contributed by atoms with Crippen LogP contribution < -0.4 is 11.1 Å². The lowest BCUT2D eigenvalue weighted by Crippen LogP contribution is -2.14. The maximum Gasteiger partial charge on any atom is 0.433 e. The molecule has 0 fully saturated rings. The quantitative estimate of drug-likeness (QED) is 0.785. The van der Waals surface area contributed by atoms with Crippen LogP contribution in [0.2, 0.25) is 0 Å². The van der Waals surface area contributed by atoms with E-state index in [1.54, 1.807) is 0 Å². The molecular weight excluding hydrogens is 285 g/mol. The zero-order valence-electron chi connectivity index (χ0n) is 10.0. The van der Waals surface area contributed by atoms with Crippen molar-refractivity contribution in [2.24, 2.45) is 0 Å². The predicted molar refractivity (Wildman–Crippen MR) is 64.3 cm³/mol. The molecule has 0 saturated heterocycles. The van der Waals surface area contributed by atoms with Gasteiger partial charge in [-0.15, -0.1) is 0 Å². The molecular formula is C9H13F3N4O2S. The van der Waals surface area contributed by atoms with Gasteiger partial charge in [0.15, 0.2) is 5.69 Å². The topological polar surface area (TPSA) is 98.0 Å². The number of rotatable bonds is 5. The number of hydrogen-bond acceptors (Lipinski definition) is 6. The third-order valence-corrected chi connectivity index (χ3v) is 3.06. The predicted octanol–water partition coefficient (Wildman–Crippen LogP) is 0.924. The number of nitrogens with one attached hydrogen (secondary N) is 1. The van der Waals surface area contributed by atoms with Gasteiger partial charge in [0.1, 0.15) is 15.7 Å². The van der Waals surface area contributed by atoms with Crippen LogP contribution >= 0.6 is 0 Å². The van der Waals surface area contributed by atoms with Crippen molar-refractivity contribution in [2.45, 2.75) is 12.6 Å². The van der Waals surface area contributed by atoms with Crippen LogP contribution in [0.4, 0.5) is 24.9 Å². The summed E-state index contributed by atoms with van der Waals surface area (Å²) in [5.74, 6) is -0.652. The molecule has 0 spiro atoms. The summed E-state index contributed by atoms with van der Waals surface area (Å²) < 4.78 is 59.0. The van der Waals surface area contributed by atoms with E-state index in [1.807, 2.05) is 0 Å². The molecule has 1 heterocycles. The first kappa shape index (κ1) is 15.5. The second-order valence-corrected chi connectivity index (χ2v) is 6.16. The van der Waals surface area contributed by atoms with E-state index >= 15 is 0 Å². The SMILES string of the molecule is CS(=O)(=O)CCCNc1cc(C(F)(F)F)nc(N)n1. The van der Waals surface area contributed by atoms with E-state index in [0.717, 1.165) is 12.3 Å². The van der Waals surface area contributed by atoms with Crippen LogP contribution in [0.1, 0.15) is 12.1 Å². The molecule has 3 N–H and O–H groups in total. The van der Waals surface area contributed by atoms with Crippen molar-refractivity contribution in [1.29, 1.82) is 0 Å². The van der Waals surface area contributed by atoms with E-state index in [-0.39, 0.29) is 24.5 Å². The number of nitrogen functional groups attached to an aromatic ring is 1. The van der Waals surface area contributed by atoms with Gasteiger partial charge in [-0.1, -0.05) is 0 Å². The zero-order valence-corrected chi connectivity index (χ0v) is 10.8. The summed E-state index contributed by atoms with van der Waals surface area (Å²) in [4.78, 5) is 6.67. The van der Waals surface area contributed by atoms with Gasteiger partial charge in [-0.05, 0) is 6.42 Å². The lowest BCUT2D eigenvalue weighted by molar-refractivity contribution is -0.141. The molecule has 1 aromatic heterocycles. The van der Waals surface area contributed by atoms with E-state index in [4.69, 9.17) is 5.73 Å². The van der Waals surface area contributed by atoms with Crippen molar-refractivity contribution >= 4 is 21.6 Å². The highest BCUT2D eigenvalue weighted by atomic mass is 32.2. The van der Waals surface area contributed by atoms with E-state index < -0.39 is 27.7 Å². The number of halogens is 3.